The van der Waals surface area contributed by atoms with Crippen molar-refractivity contribution in [3.63, 3.8) is 0 Å². The normalized spacial score (nSPS) is 10.6. The summed E-state index contributed by atoms with van der Waals surface area (Å²) in [5, 5.41) is 8.21. The van der Waals surface area contributed by atoms with Crippen LogP contribution in [-0.4, -0.2) is 28.8 Å². The van der Waals surface area contributed by atoms with Crippen LogP contribution in [0.25, 0.3) is 0 Å². The molecule has 0 atom stereocenters. The Morgan fingerprint density at radius 2 is 2.10 bits per heavy atom. The molecule has 2 rings (SSSR count). The Balaban J connectivity index is 2.15. The largest absolute Gasteiger partial charge is 0.494 e. The molecule has 0 fully saturated rings. The summed E-state index contributed by atoms with van der Waals surface area (Å²) in [5.41, 5.74) is 1.71. The van der Waals surface area contributed by atoms with E-state index in [0.29, 0.717) is 17.9 Å². The van der Waals surface area contributed by atoms with E-state index in [4.69, 9.17) is 4.74 Å². The molecule has 0 unspecified atom stereocenters. The first-order valence-electron chi connectivity index (χ1n) is 6.41. The number of hydrogen-bond acceptors (Lipinski definition) is 7. The van der Waals surface area contributed by atoms with Crippen LogP contribution in [0, 0.1) is 0 Å². The van der Waals surface area contributed by atoms with Crippen LogP contribution in [0.15, 0.2) is 26.9 Å². The first kappa shape index (κ1) is 16.3. The second kappa shape index (κ2) is 7.82. The molecule has 0 aliphatic heterocycles. The third-order valence-corrected chi connectivity index (χ3v) is 5.76. The van der Waals surface area contributed by atoms with Crippen LogP contribution in [0.4, 0.5) is 0 Å². The number of aromatic nitrogens is 2. The highest BCUT2D eigenvalue weighted by Crippen LogP contribution is 2.32. The fourth-order valence-corrected chi connectivity index (χ4v) is 4.10. The van der Waals surface area contributed by atoms with E-state index < -0.39 is 0 Å². The van der Waals surface area contributed by atoms with Gasteiger partial charge in [-0.25, -0.2) is 0 Å². The van der Waals surface area contributed by atoms with E-state index >= 15 is 0 Å². The second-order valence-electron chi connectivity index (χ2n) is 4.14. The molecule has 112 valence electrons. The third kappa shape index (κ3) is 4.46. The van der Waals surface area contributed by atoms with Gasteiger partial charge in [0, 0.05) is 16.9 Å². The van der Waals surface area contributed by atoms with E-state index in [0.717, 1.165) is 20.0 Å². The maximum atomic E-state index is 11.5. The molecule has 0 spiro atoms. The third-order valence-electron chi connectivity index (χ3n) is 2.68. The maximum absolute atomic E-state index is 11.5. The molecule has 0 bridgehead atoms. The number of nitrogens with zero attached hydrogens (tertiary/aromatic N) is 2. The summed E-state index contributed by atoms with van der Waals surface area (Å²) in [5.74, 6) is 1.59. The van der Waals surface area contributed by atoms with Gasteiger partial charge in [-0.2, -0.15) is 0 Å². The van der Waals surface area contributed by atoms with Gasteiger partial charge in [0.15, 0.2) is 14.5 Å². The lowest BCUT2D eigenvalue weighted by Gasteiger charge is -2.10. The van der Waals surface area contributed by atoms with Crippen molar-refractivity contribution in [2.75, 3.05) is 12.9 Å². The minimum absolute atomic E-state index is 0.0601. The molecule has 7 heteroatoms. The molecule has 4 nitrogen and oxygen atoms in total. The van der Waals surface area contributed by atoms with Crippen LogP contribution in [0.3, 0.4) is 0 Å². The van der Waals surface area contributed by atoms with Gasteiger partial charge in [0.2, 0.25) is 0 Å². The van der Waals surface area contributed by atoms with E-state index in [9.17, 15) is 4.79 Å². The van der Waals surface area contributed by atoms with Gasteiger partial charge in [-0.15, -0.1) is 10.2 Å². The minimum atomic E-state index is 0.0601. The second-order valence-corrected chi connectivity index (χ2v) is 7.39. The molecule has 0 saturated heterocycles. The Morgan fingerprint density at radius 3 is 2.71 bits per heavy atom. The molecule has 0 aliphatic rings. The van der Waals surface area contributed by atoms with Crippen LogP contribution in [0.2, 0.25) is 0 Å². The van der Waals surface area contributed by atoms with E-state index in [-0.39, 0.29) is 5.78 Å². The Kier molecular flexibility index (Phi) is 6.08. The predicted octanol–water partition coefficient (Wildman–Crippen LogP) is 4.15. The van der Waals surface area contributed by atoms with Crippen molar-refractivity contribution < 1.29 is 9.53 Å². The predicted molar refractivity (Wildman–Crippen MR) is 88.9 cm³/mol. The van der Waals surface area contributed by atoms with Crippen LogP contribution >= 0.6 is 34.9 Å². The Morgan fingerprint density at radius 1 is 1.33 bits per heavy atom. The lowest BCUT2D eigenvalue weighted by Crippen LogP contribution is -1.99. The summed E-state index contributed by atoms with van der Waals surface area (Å²) in [7, 11) is 0. The Labute approximate surface area is 136 Å². The van der Waals surface area contributed by atoms with Gasteiger partial charge in [0.1, 0.15) is 5.75 Å². The number of ketones is 1. The molecule has 21 heavy (non-hydrogen) atoms. The number of carbonyl (C=O) groups excluding carboxylic acids is 1. The molecule has 2 aromatic rings. The fraction of sp³-hybridized carbons (Fsp3) is 0.357. The highest BCUT2D eigenvalue weighted by Gasteiger charge is 2.10. The first-order valence-corrected chi connectivity index (χ1v) is 9.43. The molecule has 0 aliphatic carbocycles. The van der Waals surface area contributed by atoms with Crippen molar-refractivity contribution in [3.8, 4) is 5.75 Å². The van der Waals surface area contributed by atoms with Crippen LogP contribution < -0.4 is 4.74 Å². The average molecular weight is 340 g/mol. The molecule has 1 aromatic heterocycles. The van der Waals surface area contributed by atoms with Gasteiger partial charge in [-0.1, -0.05) is 34.9 Å². The molecule has 0 radical (unpaired) electrons. The summed E-state index contributed by atoms with van der Waals surface area (Å²) in [6.45, 7) is 4.12. The van der Waals surface area contributed by atoms with Crippen molar-refractivity contribution in [3.05, 3.63) is 29.3 Å². The lowest BCUT2D eigenvalue weighted by atomic mass is 10.1. The number of rotatable bonds is 7. The molecule has 0 amide bonds. The number of hydrogen-bond donors (Lipinski definition) is 0. The summed E-state index contributed by atoms with van der Waals surface area (Å²) >= 11 is 4.78. The number of carbonyl (C=O) groups is 1. The van der Waals surface area contributed by atoms with E-state index in [1.165, 1.54) is 0 Å². The van der Waals surface area contributed by atoms with Crippen molar-refractivity contribution in [2.45, 2.75) is 28.3 Å². The lowest BCUT2D eigenvalue weighted by molar-refractivity contribution is 0.101. The van der Waals surface area contributed by atoms with Crippen molar-refractivity contribution in [1.82, 2.24) is 10.2 Å². The number of Topliss-reactive ketones (excluding diaryl/α,β-unsaturated/α-hetero) is 1. The highest BCUT2D eigenvalue weighted by molar-refractivity contribution is 8.02. The Bertz CT molecular complexity index is 628. The molecule has 0 N–H and O–H groups in total. The van der Waals surface area contributed by atoms with E-state index in [2.05, 4.69) is 10.2 Å². The Hall–Kier alpha value is -1.05. The number of benzene rings is 1. The van der Waals surface area contributed by atoms with Crippen molar-refractivity contribution >= 4 is 40.6 Å². The zero-order valence-electron chi connectivity index (χ0n) is 12.1. The van der Waals surface area contributed by atoms with Gasteiger partial charge in [0.05, 0.1) is 6.61 Å². The average Bonchev–Trinajstić information content (AvgIpc) is 2.94. The van der Waals surface area contributed by atoms with E-state index in [1.54, 1.807) is 47.9 Å². The van der Waals surface area contributed by atoms with Gasteiger partial charge >= 0.3 is 0 Å². The monoisotopic (exact) mass is 340 g/mol. The van der Waals surface area contributed by atoms with Gasteiger partial charge in [-0.05, 0) is 38.3 Å². The zero-order chi connectivity index (χ0) is 15.2. The van der Waals surface area contributed by atoms with Crippen LogP contribution in [-0.2, 0) is 5.75 Å². The smallest absolute Gasteiger partial charge is 0.175 e. The number of thioether (sulfide) groups is 2. The standard InChI is InChI=1S/C14H16N2O2S3/c1-4-18-12-6-5-10(9(2)17)7-11(12)8-20-14-16-15-13(19-3)21-14/h5-7H,4,8H2,1-3H3. The van der Waals surface area contributed by atoms with Gasteiger partial charge < -0.3 is 4.74 Å². The van der Waals surface area contributed by atoms with Crippen molar-refractivity contribution in [2.24, 2.45) is 0 Å². The maximum Gasteiger partial charge on any atom is 0.175 e. The van der Waals surface area contributed by atoms with Crippen LogP contribution in [0.1, 0.15) is 29.8 Å². The summed E-state index contributed by atoms with van der Waals surface area (Å²) in [4.78, 5) is 11.5. The SMILES string of the molecule is CCOc1ccc(C(C)=O)cc1CSc1nnc(SC)s1. The first-order chi connectivity index (χ1) is 10.1. The quantitative estimate of drug-likeness (QED) is 0.557. The molecular formula is C14H16N2O2S3. The number of ether oxygens (including phenoxy) is 1. The molecule has 1 aromatic carbocycles. The van der Waals surface area contributed by atoms with Gasteiger partial charge in [0.25, 0.3) is 0 Å². The van der Waals surface area contributed by atoms with Gasteiger partial charge in [-0.3, -0.25) is 4.79 Å². The summed E-state index contributed by atoms with van der Waals surface area (Å²) in [6.07, 6.45) is 1.98. The zero-order valence-corrected chi connectivity index (χ0v) is 14.5. The highest BCUT2D eigenvalue weighted by atomic mass is 32.2. The molecular weight excluding hydrogens is 324 g/mol. The fourth-order valence-electron chi connectivity index (χ4n) is 1.69. The summed E-state index contributed by atoms with van der Waals surface area (Å²) in [6, 6.07) is 5.57. The van der Waals surface area contributed by atoms with E-state index in [1.807, 2.05) is 25.3 Å². The summed E-state index contributed by atoms with van der Waals surface area (Å²) < 4.78 is 7.51. The molecule has 1 heterocycles. The minimum Gasteiger partial charge on any atom is -0.494 e. The topological polar surface area (TPSA) is 52.1 Å². The van der Waals surface area contributed by atoms with Crippen LogP contribution in [0.5, 0.6) is 5.75 Å². The van der Waals surface area contributed by atoms with Crippen molar-refractivity contribution in [1.29, 1.82) is 0 Å². The molecule has 0 saturated carbocycles.